The number of nitriles is 2. The van der Waals surface area contributed by atoms with Crippen molar-refractivity contribution < 1.29 is 0 Å². The van der Waals surface area contributed by atoms with Gasteiger partial charge in [-0.2, -0.15) is 10.5 Å². The summed E-state index contributed by atoms with van der Waals surface area (Å²) in [5.74, 6) is 0.424. The molecule has 266 valence electrons. The quantitative estimate of drug-likeness (QED) is 0.178. The molecular formula is C52H38N4. The molecule has 0 saturated heterocycles. The molecule has 2 aliphatic carbocycles. The van der Waals surface area contributed by atoms with Crippen LogP contribution in [0.2, 0.25) is 0 Å². The van der Waals surface area contributed by atoms with Crippen molar-refractivity contribution in [3.05, 3.63) is 197 Å². The minimum atomic E-state index is 0.109. The Morgan fingerprint density at radius 3 is 2.16 bits per heavy atom. The molecule has 4 heteroatoms. The number of benzene rings is 6. The van der Waals surface area contributed by atoms with Gasteiger partial charge in [0.15, 0.2) is 0 Å². The van der Waals surface area contributed by atoms with E-state index >= 15 is 0 Å². The summed E-state index contributed by atoms with van der Waals surface area (Å²) in [7, 11) is 0. The first-order valence-electron chi connectivity index (χ1n) is 19.4. The highest BCUT2D eigenvalue weighted by Gasteiger charge is 2.39. The Morgan fingerprint density at radius 1 is 0.661 bits per heavy atom. The zero-order valence-electron chi connectivity index (χ0n) is 31.3. The summed E-state index contributed by atoms with van der Waals surface area (Å²) in [6.07, 6.45) is 12.2. The molecule has 0 saturated carbocycles. The standard InChI is InChI=1S/C52H38N4/c1-33-25-26-50-46(27-33)47-30-45(34(2)28-51(47)56(50)48-23-9-3-14-36(48)32-54)41-19-7-5-17-39(41)38-16-4-6-18-40(38)43-21-12-22-44-42-20-8-10-24-49(42)55(52(43)44)37-15-11-13-35(29-37)31-53/h3-27,29-30,34,42,49H,28H2,1-2H3. The largest absolute Gasteiger partial charge is 0.333 e. The van der Waals surface area contributed by atoms with Gasteiger partial charge in [-0.05, 0) is 101 Å². The van der Waals surface area contributed by atoms with Gasteiger partial charge >= 0.3 is 0 Å². The van der Waals surface area contributed by atoms with Crippen molar-refractivity contribution in [3.63, 3.8) is 0 Å². The van der Waals surface area contributed by atoms with Gasteiger partial charge in [-0.1, -0.05) is 128 Å². The molecule has 0 spiro atoms. The first-order chi connectivity index (χ1) is 27.5. The summed E-state index contributed by atoms with van der Waals surface area (Å²) in [5.41, 5.74) is 17.8. The van der Waals surface area contributed by atoms with Gasteiger partial charge in [-0.15, -0.1) is 0 Å². The molecular weight excluding hydrogens is 681 g/mol. The van der Waals surface area contributed by atoms with Crippen molar-refractivity contribution in [3.8, 4) is 40.1 Å². The number of anilines is 2. The van der Waals surface area contributed by atoms with Crippen LogP contribution in [0, 0.1) is 35.5 Å². The zero-order chi connectivity index (χ0) is 37.9. The van der Waals surface area contributed by atoms with E-state index in [4.69, 9.17) is 0 Å². The van der Waals surface area contributed by atoms with Gasteiger partial charge in [0.1, 0.15) is 6.07 Å². The van der Waals surface area contributed by atoms with Crippen LogP contribution in [0.15, 0.2) is 158 Å². The summed E-state index contributed by atoms with van der Waals surface area (Å²) in [6, 6.07) is 52.0. The molecule has 10 rings (SSSR count). The van der Waals surface area contributed by atoms with Gasteiger partial charge in [-0.25, -0.2) is 0 Å². The zero-order valence-corrected chi connectivity index (χ0v) is 31.3. The highest BCUT2D eigenvalue weighted by molar-refractivity contribution is 6.03. The molecule has 3 unspecified atom stereocenters. The summed E-state index contributed by atoms with van der Waals surface area (Å²) < 4.78 is 2.32. The van der Waals surface area contributed by atoms with Crippen molar-refractivity contribution in [2.24, 2.45) is 5.92 Å². The summed E-state index contributed by atoms with van der Waals surface area (Å²) >= 11 is 0. The SMILES string of the molecule is Cc1ccc2c(c1)c1c(n2-c2ccccc2C#N)CC(C)C(c2ccccc2-c2ccccc2-c2cccc3c2N(c2cccc(C#N)c2)C2C=CC=CC32)=C1. The Kier molecular flexibility index (Phi) is 7.95. The van der Waals surface area contributed by atoms with Gasteiger partial charge in [-0.3, -0.25) is 0 Å². The molecule has 1 aliphatic heterocycles. The van der Waals surface area contributed by atoms with E-state index in [0.29, 0.717) is 11.1 Å². The molecule has 1 aromatic heterocycles. The van der Waals surface area contributed by atoms with Crippen LogP contribution >= 0.6 is 0 Å². The fraction of sp³-hybridized carbons (Fsp3) is 0.115. The predicted molar refractivity (Wildman–Crippen MR) is 229 cm³/mol. The minimum absolute atomic E-state index is 0.109. The smallest absolute Gasteiger partial charge is 0.101 e. The van der Waals surface area contributed by atoms with Gasteiger partial charge < -0.3 is 9.47 Å². The Balaban J connectivity index is 1.16. The van der Waals surface area contributed by atoms with Crippen molar-refractivity contribution in [1.82, 2.24) is 4.57 Å². The molecule has 2 heterocycles. The highest BCUT2D eigenvalue weighted by atomic mass is 15.2. The molecule has 0 amide bonds. The van der Waals surface area contributed by atoms with E-state index in [9.17, 15) is 10.5 Å². The second-order valence-corrected chi connectivity index (χ2v) is 15.2. The molecule has 0 fully saturated rings. The molecule has 7 aromatic rings. The van der Waals surface area contributed by atoms with Crippen molar-refractivity contribution in [1.29, 1.82) is 10.5 Å². The van der Waals surface area contributed by atoms with Crippen LogP contribution in [0.5, 0.6) is 0 Å². The van der Waals surface area contributed by atoms with Gasteiger partial charge in [0.2, 0.25) is 0 Å². The van der Waals surface area contributed by atoms with Gasteiger partial charge in [0.25, 0.3) is 0 Å². The first-order valence-corrected chi connectivity index (χ1v) is 19.4. The molecule has 0 N–H and O–H groups in total. The van der Waals surface area contributed by atoms with Gasteiger partial charge in [0, 0.05) is 33.8 Å². The minimum Gasteiger partial charge on any atom is -0.333 e. The number of allylic oxidation sites excluding steroid dienone is 3. The predicted octanol–water partition coefficient (Wildman–Crippen LogP) is 12.5. The number of nitrogens with zero attached hydrogens (tertiary/aromatic N) is 4. The highest BCUT2D eigenvalue weighted by Crippen LogP contribution is 2.53. The van der Waals surface area contributed by atoms with E-state index < -0.39 is 0 Å². The maximum Gasteiger partial charge on any atom is 0.101 e. The fourth-order valence-corrected chi connectivity index (χ4v) is 9.47. The van der Waals surface area contributed by atoms with Crippen molar-refractivity contribution >= 4 is 33.9 Å². The van der Waals surface area contributed by atoms with E-state index in [0.717, 1.165) is 23.3 Å². The van der Waals surface area contributed by atoms with E-state index in [1.54, 1.807) is 0 Å². The lowest BCUT2D eigenvalue weighted by molar-refractivity contribution is 0.708. The third kappa shape index (κ3) is 5.19. The molecule has 6 aromatic carbocycles. The lowest BCUT2D eigenvalue weighted by Gasteiger charge is -2.30. The lowest BCUT2D eigenvalue weighted by atomic mass is 9.80. The average molecular weight is 719 g/mol. The maximum atomic E-state index is 10.1. The Hall–Kier alpha value is -7.14. The second kappa shape index (κ2) is 13.3. The van der Waals surface area contributed by atoms with Crippen LogP contribution in [-0.2, 0) is 6.42 Å². The Morgan fingerprint density at radius 2 is 1.36 bits per heavy atom. The van der Waals surface area contributed by atoms with E-state index in [2.05, 4.69) is 163 Å². The number of aryl methyl sites for hydroxylation is 1. The summed E-state index contributed by atoms with van der Waals surface area (Å²) in [6.45, 7) is 4.49. The monoisotopic (exact) mass is 718 g/mol. The average Bonchev–Trinajstić information content (AvgIpc) is 3.75. The van der Waals surface area contributed by atoms with Gasteiger partial charge in [0.05, 0.1) is 40.1 Å². The second-order valence-electron chi connectivity index (χ2n) is 15.2. The summed E-state index contributed by atoms with van der Waals surface area (Å²) in [4.78, 5) is 2.44. The van der Waals surface area contributed by atoms with Crippen LogP contribution in [-0.4, -0.2) is 10.6 Å². The third-order valence-electron chi connectivity index (χ3n) is 11.9. The normalized spacial score (nSPS) is 17.8. The molecule has 3 atom stereocenters. The van der Waals surface area contributed by atoms with E-state index in [1.807, 2.05) is 36.4 Å². The van der Waals surface area contributed by atoms with Crippen molar-refractivity contribution in [2.45, 2.75) is 32.2 Å². The van der Waals surface area contributed by atoms with Crippen LogP contribution in [0.25, 0.3) is 50.5 Å². The van der Waals surface area contributed by atoms with Crippen LogP contribution in [0.4, 0.5) is 11.4 Å². The fourth-order valence-electron chi connectivity index (χ4n) is 9.47. The van der Waals surface area contributed by atoms with Crippen LogP contribution in [0.1, 0.15) is 51.9 Å². The molecule has 4 nitrogen and oxygen atoms in total. The molecule has 56 heavy (non-hydrogen) atoms. The summed E-state index contributed by atoms with van der Waals surface area (Å²) in [5, 5.41) is 21.2. The number of rotatable bonds is 5. The number of aromatic nitrogens is 1. The lowest BCUT2D eigenvalue weighted by Crippen LogP contribution is -2.28. The molecule has 0 radical (unpaired) electrons. The van der Waals surface area contributed by atoms with E-state index in [-0.39, 0.29) is 17.9 Å². The molecule has 3 aliphatic rings. The first kappa shape index (κ1) is 33.4. The van der Waals surface area contributed by atoms with Crippen LogP contribution in [0.3, 0.4) is 0 Å². The Labute approximate surface area is 327 Å². The molecule has 0 bridgehead atoms. The maximum absolute atomic E-state index is 10.1. The number of fused-ring (bicyclic) bond motifs is 6. The van der Waals surface area contributed by atoms with Crippen molar-refractivity contribution in [2.75, 3.05) is 4.90 Å². The third-order valence-corrected chi connectivity index (χ3v) is 11.9. The Bertz CT molecular complexity index is 2920. The number of hydrogen-bond acceptors (Lipinski definition) is 3. The topological polar surface area (TPSA) is 55.8 Å². The number of para-hydroxylation sites is 2. The van der Waals surface area contributed by atoms with Crippen LogP contribution < -0.4 is 4.90 Å². The number of hydrogen-bond donors (Lipinski definition) is 0. The van der Waals surface area contributed by atoms with E-state index in [1.165, 1.54) is 66.8 Å².